The van der Waals surface area contributed by atoms with Gasteiger partial charge in [-0.1, -0.05) is 0 Å². The Morgan fingerprint density at radius 1 is 1.15 bits per heavy atom. The summed E-state index contributed by atoms with van der Waals surface area (Å²) in [6, 6.07) is 9.03. The van der Waals surface area contributed by atoms with Crippen molar-refractivity contribution < 1.29 is 17.9 Å². The maximum Gasteiger partial charge on any atom is 0.323 e. The Labute approximate surface area is 154 Å². The van der Waals surface area contributed by atoms with Crippen LogP contribution < -0.4 is 20.0 Å². The standard InChI is InChI=1S/C17H16N4O5S/c1-10(22)21-6-7-26-16-5-2-11(8-15(16)21)20-27(24,25)12-3-4-13-14(9-12)19-17(23)18-13/h2-5,8-9,20H,6-7H2,1H3,(H2,18,19,23). The fourth-order valence-electron chi connectivity index (χ4n) is 3.00. The highest BCUT2D eigenvalue weighted by molar-refractivity contribution is 7.92. The molecule has 3 aromatic rings. The van der Waals surface area contributed by atoms with Gasteiger partial charge >= 0.3 is 5.69 Å². The van der Waals surface area contributed by atoms with E-state index in [4.69, 9.17) is 4.74 Å². The molecular formula is C17H16N4O5S. The van der Waals surface area contributed by atoms with Gasteiger partial charge in [-0.05, 0) is 36.4 Å². The van der Waals surface area contributed by atoms with Gasteiger partial charge in [0.2, 0.25) is 5.91 Å². The van der Waals surface area contributed by atoms with E-state index >= 15 is 0 Å². The lowest BCUT2D eigenvalue weighted by molar-refractivity contribution is -0.116. The number of fused-ring (bicyclic) bond motifs is 2. The molecule has 1 amide bonds. The number of aromatic amines is 2. The summed E-state index contributed by atoms with van der Waals surface area (Å²) in [6.45, 7) is 2.22. The number of imidazole rings is 1. The quantitative estimate of drug-likeness (QED) is 0.626. The molecule has 140 valence electrons. The number of nitrogens with one attached hydrogen (secondary N) is 3. The van der Waals surface area contributed by atoms with Crippen LogP contribution in [0.1, 0.15) is 6.92 Å². The molecule has 0 bridgehead atoms. The molecule has 9 nitrogen and oxygen atoms in total. The van der Waals surface area contributed by atoms with Crippen molar-refractivity contribution in [3.05, 3.63) is 46.9 Å². The van der Waals surface area contributed by atoms with E-state index in [-0.39, 0.29) is 10.8 Å². The highest BCUT2D eigenvalue weighted by Gasteiger charge is 2.23. The van der Waals surface area contributed by atoms with E-state index in [9.17, 15) is 18.0 Å². The number of carbonyl (C=O) groups is 1. The van der Waals surface area contributed by atoms with E-state index in [2.05, 4.69) is 14.7 Å². The molecule has 0 saturated carbocycles. The van der Waals surface area contributed by atoms with Gasteiger partial charge in [-0.25, -0.2) is 13.2 Å². The number of hydrogen-bond donors (Lipinski definition) is 3. The molecule has 0 saturated heterocycles. The molecule has 2 heterocycles. The van der Waals surface area contributed by atoms with Gasteiger partial charge in [0, 0.05) is 6.92 Å². The summed E-state index contributed by atoms with van der Waals surface area (Å²) in [5, 5.41) is 0. The maximum atomic E-state index is 12.7. The van der Waals surface area contributed by atoms with Crippen LogP contribution in [0.5, 0.6) is 5.75 Å². The van der Waals surface area contributed by atoms with Gasteiger partial charge in [0.25, 0.3) is 10.0 Å². The number of benzene rings is 2. The van der Waals surface area contributed by atoms with Crippen molar-refractivity contribution in [2.45, 2.75) is 11.8 Å². The molecule has 27 heavy (non-hydrogen) atoms. The van der Waals surface area contributed by atoms with Crippen LogP contribution in [0, 0.1) is 0 Å². The predicted octanol–water partition coefficient (Wildman–Crippen LogP) is 1.40. The molecule has 3 N–H and O–H groups in total. The number of rotatable bonds is 3. The number of carbonyl (C=O) groups excluding carboxylic acids is 1. The molecule has 0 radical (unpaired) electrons. The number of H-pyrrole nitrogens is 2. The molecule has 4 rings (SSSR count). The summed E-state index contributed by atoms with van der Waals surface area (Å²) in [7, 11) is -3.89. The van der Waals surface area contributed by atoms with Gasteiger partial charge in [0.05, 0.1) is 33.8 Å². The minimum atomic E-state index is -3.89. The molecule has 0 aliphatic carbocycles. The average Bonchev–Trinajstić information content (AvgIpc) is 2.99. The third-order valence-electron chi connectivity index (χ3n) is 4.25. The number of hydrogen-bond acceptors (Lipinski definition) is 5. The van der Waals surface area contributed by atoms with Gasteiger partial charge in [0.15, 0.2) is 0 Å². The van der Waals surface area contributed by atoms with Crippen molar-refractivity contribution in [2.24, 2.45) is 0 Å². The second-order valence-electron chi connectivity index (χ2n) is 6.09. The summed E-state index contributed by atoms with van der Waals surface area (Å²) in [5.41, 5.74) is 1.31. The molecule has 2 aromatic carbocycles. The molecule has 0 spiro atoms. The Bertz CT molecular complexity index is 1210. The third kappa shape index (κ3) is 3.14. The Kier molecular flexibility index (Phi) is 3.92. The Morgan fingerprint density at radius 3 is 2.70 bits per heavy atom. The minimum Gasteiger partial charge on any atom is -0.490 e. The first-order valence-electron chi connectivity index (χ1n) is 8.13. The highest BCUT2D eigenvalue weighted by Crippen LogP contribution is 2.34. The first-order chi connectivity index (χ1) is 12.8. The molecule has 0 unspecified atom stereocenters. The predicted molar refractivity (Wildman–Crippen MR) is 99.7 cm³/mol. The largest absolute Gasteiger partial charge is 0.490 e. The Balaban J connectivity index is 1.69. The van der Waals surface area contributed by atoms with Crippen LogP contribution in [0.15, 0.2) is 46.1 Å². The number of amides is 1. The van der Waals surface area contributed by atoms with Crippen molar-refractivity contribution in [1.29, 1.82) is 0 Å². The number of sulfonamides is 1. The summed E-state index contributed by atoms with van der Waals surface area (Å²) >= 11 is 0. The lowest BCUT2D eigenvalue weighted by Gasteiger charge is -2.29. The molecule has 1 aliphatic rings. The van der Waals surface area contributed by atoms with Gasteiger partial charge < -0.3 is 19.6 Å². The number of anilines is 2. The molecule has 0 fully saturated rings. The van der Waals surface area contributed by atoms with Crippen LogP contribution >= 0.6 is 0 Å². The molecule has 1 aromatic heterocycles. The monoisotopic (exact) mass is 388 g/mol. The van der Waals surface area contributed by atoms with E-state index in [1.807, 2.05) is 0 Å². The third-order valence-corrected chi connectivity index (χ3v) is 5.63. The van der Waals surface area contributed by atoms with Crippen LogP contribution in [-0.2, 0) is 14.8 Å². The van der Waals surface area contributed by atoms with Gasteiger partial charge in [0.1, 0.15) is 12.4 Å². The maximum absolute atomic E-state index is 12.7. The number of ether oxygens (including phenoxy) is 1. The Hall–Kier alpha value is -3.27. The van der Waals surface area contributed by atoms with E-state index in [1.54, 1.807) is 18.2 Å². The first-order valence-corrected chi connectivity index (χ1v) is 9.62. The second kappa shape index (κ2) is 6.16. The molecular weight excluding hydrogens is 372 g/mol. The zero-order valence-corrected chi connectivity index (χ0v) is 15.1. The fraction of sp³-hybridized carbons (Fsp3) is 0.176. The van der Waals surface area contributed by atoms with Crippen molar-refractivity contribution >= 4 is 38.3 Å². The lowest BCUT2D eigenvalue weighted by Crippen LogP contribution is -2.36. The average molecular weight is 388 g/mol. The lowest BCUT2D eigenvalue weighted by atomic mass is 10.2. The zero-order valence-electron chi connectivity index (χ0n) is 14.3. The van der Waals surface area contributed by atoms with Gasteiger partial charge in [-0.15, -0.1) is 0 Å². The summed E-state index contributed by atoms with van der Waals surface area (Å²) in [5.74, 6) is 0.368. The van der Waals surface area contributed by atoms with Crippen LogP contribution in [0.25, 0.3) is 11.0 Å². The van der Waals surface area contributed by atoms with E-state index in [0.29, 0.717) is 41.3 Å². The van der Waals surface area contributed by atoms with Crippen molar-refractivity contribution in [3.63, 3.8) is 0 Å². The molecule has 1 aliphatic heterocycles. The fourth-order valence-corrected chi connectivity index (χ4v) is 4.08. The Morgan fingerprint density at radius 2 is 1.93 bits per heavy atom. The molecule has 0 atom stereocenters. The summed E-state index contributed by atoms with van der Waals surface area (Å²) < 4.78 is 33.4. The van der Waals surface area contributed by atoms with Crippen LogP contribution in [-0.4, -0.2) is 37.4 Å². The van der Waals surface area contributed by atoms with Crippen molar-refractivity contribution in [1.82, 2.24) is 9.97 Å². The molecule has 10 heteroatoms. The SMILES string of the molecule is CC(=O)N1CCOc2ccc(NS(=O)(=O)c3ccc4[nH]c(=O)[nH]c4c3)cc21. The second-order valence-corrected chi connectivity index (χ2v) is 7.78. The van der Waals surface area contributed by atoms with E-state index in [1.165, 1.54) is 30.0 Å². The van der Waals surface area contributed by atoms with Gasteiger partial charge in [-0.2, -0.15) is 0 Å². The number of aromatic nitrogens is 2. The summed E-state index contributed by atoms with van der Waals surface area (Å²) in [4.78, 5) is 29.8. The summed E-state index contributed by atoms with van der Waals surface area (Å²) in [6.07, 6.45) is 0. The van der Waals surface area contributed by atoms with Crippen molar-refractivity contribution in [3.8, 4) is 5.75 Å². The first kappa shape index (κ1) is 17.2. The van der Waals surface area contributed by atoms with Crippen molar-refractivity contribution in [2.75, 3.05) is 22.8 Å². The zero-order chi connectivity index (χ0) is 19.2. The van der Waals surface area contributed by atoms with E-state index in [0.717, 1.165) is 0 Å². The van der Waals surface area contributed by atoms with Gasteiger partial charge in [-0.3, -0.25) is 9.52 Å². The highest BCUT2D eigenvalue weighted by atomic mass is 32.2. The van der Waals surface area contributed by atoms with Crippen LogP contribution in [0.4, 0.5) is 11.4 Å². The normalized spacial score (nSPS) is 13.9. The van der Waals surface area contributed by atoms with Crippen LogP contribution in [0.2, 0.25) is 0 Å². The smallest absolute Gasteiger partial charge is 0.323 e. The minimum absolute atomic E-state index is 0.00245. The topological polar surface area (TPSA) is 124 Å². The van der Waals surface area contributed by atoms with E-state index < -0.39 is 15.7 Å². The van der Waals surface area contributed by atoms with Crippen LogP contribution in [0.3, 0.4) is 0 Å². The number of nitrogens with zero attached hydrogens (tertiary/aromatic N) is 1.